The van der Waals surface area contributed by atoms with E-state index in [1.165, 1.54) is 5.56 Å². The van der Waals surface area contributed by atoms with E-state index in [2.05, 4.69) is 66.1 Å². The quantitative estimate of drug-likeness (QED) is 0.924. The molecule has 2 rings (SSSR count). The molecule has 18 heavy (non-hydrogen) atoms. The Morgan fingerprint density at radius 2 is 1.83 bits per heavy atom. The summed E-state index contributed by atoms with van der Waals surface area (Å²) in [6.45, 7) is 7.06. The maximum absolute atomic E-state index is 5.62. The molecule has 1 aromatic heterocycles. The van der Waals surface area contributed by atoms with E-state index in [4.69, 9.17) is 5.73 Å². The molecule has 1 heterocycles. The van der Waals surface area contributed by atoms with Gasteiger partial charge in [-0.1, -0.05) is 32.9 Å². The standard InChI is InChI=1S/C14H18BrN3/c1-14(2,3)10-4-6-11(7-5-10)18-9-12(15)13(8-16)17-18/h4-7,9H,8,16H2,1-3H3. The summed E-state index contributed by atoms with van der Waals surface area (Å²) in [4.78, 5) is 0. The Morgan fingerprint density at radius 3 is 2.28 bits per heavy atom. The summed E-state index contributed by atoms with van der Waals surface area (Å²) in [5.74, 6) is 0. The van der Waals surface area contributed by atoms with Crippen LogP contribution < -0.4 is 5.73 Å². The van der Waals surface area contributed by atoms with Gasteiger partial charge in [0.05, 0.1) is 15.9 Å². The van der Waals surface area contributed by atoms with E-state index in [9.17, 15) is 0 Å². The Labute approximate surface area is 116 Å². The smallest absolute Gasteiger partial charge is 0.0906 e. The van der Waals surface area contributed by atoms with Gasteiger partial charge in [-0.15, -0.1) is 0 Å². The van der Waals surface area contributed by atoms with Crippen LogP contribution in [0.25, 0.3) is 5.69 Å². The lowest BCUT2D eigenvalue weighted by molar-refractivity contribution is 0.590. The zero-order valence-corrected chi connectivity index (χ0v) is 12.5. The first-order valence-electron chi connectivity index (χ1n) is 5.97. The molecule has 0 radical (unpaired) electrons. The second kappa shape index (κ2) is 4.86. The molecule has 2 N–H and O–H groups in total. The van der Waals surface area contributed by atoms with Gasteiger partial charge < -0.3 is 5.73 Å². The van der Waals surface area contributed by atoms with Crippen LogP contribution in [0, 0.1) is 0 Å². The molecule has 4 heteroatoms. The summed E-state index contributed by atoms with van der Waals surface area (Å²) in [6.07, 6.45) is 1.94. The number of hydrogen-bond acceptors (Lipinski definition) is 2. The third-order valence-electron chi connectivity index (χ3n) is 2.93. The molecule has 0 spiro atoms. The van der Waals surface area contributed by atoms with Crippen LogP contribution in [0.2, 0.25) is 0 Å². The highest BCUT2D eigenvalue weighted by Crippen LogP contribution is 2.24. The van der Waals surface area contributed by atoms with Crippen molar-refractivity contribution in [3.05, 3.63) is 46.2 Å². The summed E-state index contributed by atoms with van der Waals surface area (Å²) in [6, 6.07) is 8.46. The van der Waals surface area contributed by atoms with Crippen molar-refractivity contribution in [3.63, 3.8) is 0 Å². The van der Waals surface area contributed by atoms with E-state index < -0.39 is 0 Å². The largest absolute Gasteiger partial charge is 0.325 e. The molecule has 0 amide bonds. The lowest BCUT2D eigenvalue weighted by Gasteiger charge is -2.19. The van der Waals surface area contributed by atoms with Crippen molar-refractivity contribution in [2.45, 2.75) is 32.7 Å². The molecule has 96 valence electrons. The number of rotatable bonds is 2. The fraction of sp³-hybridized carbons (Fsp3) is 0.357. The molecular formula is C14H18BrN3. The third-order valence-corrected chi connectivity index (χ3v) is 3.59. The van der Waals surface area contributed by atoms with Crippen LogP contribution in [0.15, 0.2) is 34.9 Å². The predicted octanol–water partition coefficient (Wildman–Crippen LogP) is 3.39. The average Bonchev–Trinajstić information content (AvgIpc) is 2.69. The molecular weight excluding hydrogens is 290 g/mol. The Bertz CT molecular complexity index is 535. The molecule has 3 nitrogen and oxygen atoms in total. The van der Waals surface area contributed by atoms with Gasteiger partial charge in [0.2, 0.25) is 0 Å². The minimum absolute atomic E-state index is 0.172. The van der Waals surface area contributed by atoms with Gasteiger partial charge in [-0.25, -0.2) is 4.68 Å². The first kappa shape index (κ1) is 13.3. The number of halogens is 1. The maximum Gasteiger partial charge on any atom is 0.0906 e. The average molecular weight is 308 g/mol. The van der Waals surface area contributed by atoms with Crippen LogP contribution in [0.4, 0.5) is 0 Å². The van der Waals surface area contributed by atoms with Gasteiger partial charge in [-0.2, -0.15) is 5.10 Å². The molecule has 0 aliphatic rings. The van der Waals surface area contributed by atoms with Crippen molar-refractivity contribution in [1.29, 1.82) is 0 Å². The maximum atomic E-state index is 5.62. The fourth-order valence-corrected chi connectivity index (χ4v) is 2.21. The number of hydrogen-bond donors (Lipinski definition) is 1. The monoisotopic (exact) mass is 307 g/mol. The highest BCUT2D eigenvalue weighted by molar-refractivity contribution is 9.10. The number of aromatic nitrogens is 2. The van der Waals surface area contributed by atoms with Crippen LogP contribution in [-0.4, -0.2) is 9.78 Å². The van der Waals surface area contributed by atoms with Crippen molar-refractivity contribution in [3.8, 4) is 5.69 Å². The summed E-state index contributed by atoms with van der Waals surface area (Å²) in [5, 5.41) is 4.44. The Morgan fingerprint density at radius 1 is 1.22 bits per heavy atom. The summed E-state index contributed by atoms with van der Waals surface area (Å²) >= 11 is 3.46. The first-order chi connectivity index (χ1) is 8.41. The van der Waals surface area contributed by atoms with Gasteiger partial charge in [0.15, 0.2) is 0 Å². The van der Waals surface area contributed by atoms with Gasteiger partial charge in [-0.05, 0) is 39.0 Å². The number of benzene rings is 1. The Balaban J connectivity index is 2.34. The normalized spacial score (nSPS) is 11.8. The minimum Gasteiger partial charge on any atom is -0.325 e. The molecule has 2 aromatic rings. The second-order valence-corrected chi connectivity index (χ2v) is 6.22. The van der Waals surface area contributed by atoms with Gasteiger partial charge in [0, 0.05) is 12.7 Å². The predicted molar refractivity (Wildman–Crippen MR) is 77.9 cm³/mol. The lowest BCUT2D eigenvalue weighted by Crippen LogP contribution is -2.11. The van der Waals surface area contributed by atoms with Gasteiger partial charge in [0.1, 0.15) is 0 Å². The van der Waals surface area contributed by atoms with E-state index in [1.54, 1.807) is 0 Å². The van der Waals surface area contributed by atoms with Gasteiger partial charge in [0.25, 0.3) is 0 Å². The summed E-state index contributed by atoms with van der Waals surface area (Å²) in [7, 11) is 0. The van der Waals surface area contributed by atoms with Crippen molar-refractivity contribution >= 4 is 15.9 Å². The zero-order chi connectivity index (χ0) is 13.3. The first-order valence-corrected chi connectivity index (χ1v) is 6.76. The van der Waals surface area contributed by atoms with Crippen LogP contribution in [-0.2, 0) is 12.0 Å². The highest BCUT2D eigenvalue weighted by Gasteiger charge is 2.13. The van der Waals surface area contributed by atoms with Crippen molar-refractivity contribution in [2.24, 2.45) is 5.73 Å². The zero-order valence-electron chi connectivity index (χ0n) is 10.9. The van der Waals surface area contributed by atoms with E-state index in [0.29, 0.717) is 6.54 Å². The fourth-order valence-electron chi connectivity index (χ4n) is 1.77. The summed E-state index contributed by atoms with van der Waals surface area (Å²) in [5.41, 5.74) is 9.02. The Kier molecular flexibility index (Phi) is 3.59. The van der Waals surface area contributed by atoms with E-state index in [1.807, 2.05) is 10.9 Å². The second-order valence-electron chi connectivity index (χ2n) is 5.37. The van der Waals surface area contributed by atoms with Crippen LogP contribution in [0.5, 0.6) is 0 Å². The molecule has 1 aromatic carbocycles. The van der Waals surface area contributed by atoms with E-state index in [0.717, 1.165) is 15.9 Å². The van der Waals surface area contributed by atoms with Crippen molar-refractivity contribution in [1.82, 2.24) is 9.78 Å². The lowest BCUT2D eigenvalue weighted by atomic mass is 9.87. The topological polar surface area (TPSA) is 43.8 Å². The summed E-state index contributed by atoms with van der Waals surface area (Å²) < 4.78 is 2.79. The van der Waals surface area contributed by atoms with Gasteiger partial charge in [-0.3, -0.25) is 0 Å². The van der Waals surface area contributed by atoms with E-state index >= 15 is 0 Å². The van der Waals surface area contributed by atoms with Gasteiger partial charge >= 0.3 is 0 Å². The van der Waals surface area contributed by atoms with Crippen LogP contribution >= 0.6 is 15.9 Å². The Hall–Kier alpha value is -1.13. The molecule has 0 saturated carbocycles. The molecule has 0 unspecified atom stereocenters. The third kappa shape index (κ3) is 2.65. The molecule has 0 saturated heterocycles. The molecule has 0 aliphatic carbocycles. The molecule has 0 aliphatic heterocycles. The molecule has 0 fully saturated rings. The molecule has 0 bridgehead atoms. The highest BCUT2D eigenvalue weighted by atomic mass is 79.9. The van der Waals surface area contributed by atoms with E-state index in [-0.39, 0.29) is 5.41 Å². The van der Waals surface area contributed by atoms with Crippen molar-refractivity contribution in [2.75, 3.05) is 0 Å². The number of nitrogens with two attached hydrogens (primary N) is 1. The van der Waals surface area contributed by atoms with Crippen molar-refractivity contribution < 1.29 is 0 Å². The number of nitrogens with zero attached hydrogens (tertiary/aromatic N) is 2. The van der Waals surface area contributed by atoms with Crippen LogP contribution in [0.1, 0.15) is 32.0 Å². The molecule has 0 atom stereocenters. The minimum atomic E-state index is 0.172. The van der Waals surface area contributed by atoms with Crippen LogP contribution in [0.3, 0.4) is 0 Å². The SMILES string of the molecule is CC(C)(C)c1ccc(-n2cc(Br)c(CN)n2)cc1.